The first-order chi connectivity index (χ1) is 9.67. The smallest absolute Gasteiger partial charge is 0.0912 e. The van der Waals surface area contributed by atoms with E-state index in [2.05, 4.69) is 36.2 Å². The topological polar surface area (TPSA) is 42.3 Å². The molecule has 6 heteroatoms. The molecule has 1 aromatic heterocycles. The number of nitrogens with zero attached hydrogens (tertiary/aromatic N) is 3. The number of hydrogen-bond acceptors (Lipinski definition) is 4. The van der Waals surface area contributed by atoms with E-state index in [9.17, 15) is 0 Å². The Labute approximate surface area is 126 Å². The van der Waals surface area contributed by atoms with Gasteiger partial charge >= 0.3 is 0 Å². The van der Waals surface area contributed by atoms with Crippen molar-refractivity contribution in [2.75, 3.05) is 33.3 Å². The van der Waals surface area contributed by atoms with Gasteiger partial charge in [0.25, 0.3) is 0 Å². The van der Waals surface area contributed by atoms with Gasteiger partial charge in [0.15, 0.2) is 0 Å². The second kappa shape index (κ2) is 7.41. The molecule has 0 saturated carbocycles. The van der Waals surface area contributed by atoms with Crippen LogP contribution in [-0.4, -0.2) is 54.1 Å². The van der Waals surface area contributed by atoms with Gasteiger partial charge in [-0.05, 0) is 20.0 Å². The van der Waals surface area contributed by atoms with Gasteiger partial charge in [0.1, 0.15) is 0 Å². The van der Waals surface area contributed by atoms with Crippen LogP contribution in [0.1, 0.15) is 32.0 Å². The third-order valence-corrected chi connectivity index (χ3v) is 3.95. The van der Waals surface area contributed by atoms with Crippen LogP contribution in [0.4, 0.5) is 0 Å². The summed E-state index contributed by atoms with van der Waals surface area (Å²) in [5.41, 5.74) is 1.05. The Balaban J connectivity index is 2.25. The van der Waals surface area contributed by atoms with E-state index in [1.165, 1.54) is 0 Å². The minimum Gasteiger partial charge on any atom is -0.374 e. The molecule has 1 aliphatic rings. The average Bonchev–Trinajstić information content (AvgIpc) is 2.78. The van der Waals surface area contributed by atoms with Crippen molar-refractivity contribution in [3.05, 3.63) is 16.9 Å². The Morgan fingerprint density at radius 1 is 1.55 bits per heavy atom. The maximum absolute atomic E-state index is 6.37. The highest BCUT2D eigenvalue weighted by atomic mass is 35.5. The Morgan fingerprint density at radius 2 is 2.35 bits per heavy atom. The number of ether oxygens (including phenoxy) is 1. The number of nitrogens with one attached hydrogen (secondary N) is 1. The first-order valence-corrected chi connectivity index (χ1v) is 7.79. The molecule has 2 atom stereocenters. The van der Waals surface area contributed by atoms with Gasteiger partial charge < -0.3 is 15.0 Å². The van der Waals surface area contributed by atoms with Gasteiger partial charge in [-0.15, -0.1) is 0 Å². The number of likely N-dealkylation sites (N-methyl/N-ethyl adjacent to an activating group) is 2. The maximum atomic E-state index is 6.37. The molecule has 20 heavy (non-hydrogen) atoms. The highest BCUT2D eigenvalue weighted by molar-refractivity contribution is 6.31. The Hall–Kier alpha value is -0.620. The second-order valence-corrected chi connectivity index (χ2v) is 5.71. The molecule has 1 N–H and O–H groups in total. The zero-order valence-corrected chi connectivity index (χ0v) is 13.4. The summed E-state index contributed by atoms with van der Waals surface area (Å²) in [7, 11) is 2.13. The van der Waals surface area contributed by atoms with Crippen LogP contribution in [-0.2, 0) is 11.3 Å². The fraction of sp³-hybridized carbons (Fsp3) is 0.786. The van der Waals surface area contributed by atoms with Crippen molar-refractivity contribution in [1.29, 1.82) is 0 Å². The largest absolute Gasteiger partial charge is 0.374 e. The molecule has 0 spiro atoms. The first-order valence-electron chi connectivity index (χ1n) is 7.42. The SMILES string of the molecule is CCCn1ncc(Cl)c1C(NCC)C1CN(C)CCO1. The van der Waals surface area contributed by atoms with Crippen molar-refractivity contribution >= 4 is 11.6 Å². The second-order valence-electron chi connectivity index (χ2n) is 5.31. The lowest BCUT2D eigenvalue weighted by Gasteiger charge is -2.35. The highest BCUT2D eigenvalue weighted by Gasteiger charge is 2.31. The Bertz CT molecular complexity index is 423. The number of rotatable bonds is 6. The van der Waals surface area contributed by atoms with Crippen molar-refractivity contribution < 1.29 is 4.74 Å². The average molecular weight is 301 g/mol. The molecule has 114 valence electrons. The van der Waals surface area contributed by atoms with Crippen LogP contribution in [0.5, 0.6) is 0 Å². The van der Waals surface area contributed by atoms with Crippen LogP contribution in [0.2, 0.25) is 5.02 Å². The van der Waals surface area contributed by atoms with Gasteiger partial charge in [-0.2, -0.15) is 5.10 Å². The molecule has 5 nitrogen and oxygen atoms in total. The van der Waals surface area contributed by atoms with Gasteiger partial charge in [0, 0.05) is 19.6 Å². The van der Waals surface area contributed by atoms with Gasteiger partial charge in [0.05, 0.1) is 35.7 Å². The normalized spacial score (nSPS) is 22.1. The van der Waals surface area contributed by atoms with Crippen molar-refractivity contribution in [2.45, 2.75) is 39.0 Å². The van der Waals surface area contributed by atoms with E-state index < -0.39 is 0 Å². The molecular weight excluding hydrogens is 276 g/mol. The molecule has 0 bridgehead atoms. The standard InChI is InChI=1S/C14H25ClN4O/c1-4-6-19-14(11(15)9-17-19)13(16-5-2)12-10-18(3)7-8-20-12/h9,12-13,16H,4-8,10H2,1-3H3. The molecule has 0 radical (unpaired) electrons. The lowest BCUT2D eigenvalue weighted by atomic mass is 10.1. The number of aromatic nitrogens is 2. The van der Waals surface area contributed by atoms with E-state index in [1.807, 2.05) is 4.68 Å². The van der Waals surface area contributed by atoms with E-state index in [4.69, 9.17) is 16.3 Å². The van der Waals surface area contributed by atoms with E-state index in [1.54, 1.807) is 6.20 Å². The number of halogens is 1. The van der Waals surface area contributed by atoms with Crippen LogP contribution in [0.15, 0.2) is 6.20 Å². The predicted molar refractivity (Wildman–Crippen MR) is 81.2 cm³/mol. The van der Waals surface area contributed by atoms with Crippen LogP contribution in [0.25, 0.3) is 0 Å². The number of aryl methyl sites for hydroxylation is 1. The lowest BCUT2D eigenvalue weighted by molar-refractivity contribution is -0.0404. The minimum atomic E-state index is 0.0873. The summed E-state index contributed by atoms with van der Waals surface area (Å²) in [6.45, 7) is 8.67. The fourth-order valence-corrected chi connectivity index (χ4v) is 2.97. The van der Waals surface area contributed by atoms with Crippen molar-refractivity contribution in [3.8, 4) is 0 Å². The lowest BCUT2D eigenvalue weighted by Crippen LogP contribution is -2.47. The third-order valence-electron chi connectivity index (χ3n) is 3.66. The fourth-order valence-electron chi connectivity index (χ4n) is 2.71. The van der Waals surface area contributed by atoms with E-state index >= 15 is 0 Å². The summed E-state index contributed by atoms with van der Waals surface area (Å²) in [6, 6.07) is 0.0873. The molecule has 1 fully saturated rings. The molecule has 2 unspecified atom stereocenters. The summed E-state index contributed by atoms with van der Waals surface area (Å²) in [4.78, 5) is 2.30. The molecule has 1 aromatic rings. The Kier molecular flexibility index (Phi) is 5.84. The summed E-state index contributed by atoms with van der Waals surface area (Å²) in [5.74, 6) is 0. The third kappa shape index (κ3) is 3.52. The minimum absolute atomic E-state index is 0.0873. The molecule has 1 aliphatic heterocycles. The predicted octanol–water partition coefficient (Wildman–Crippen LogP) is 1.93. The number of hydrogen-bond donors (Lipinski definition) is 1. The van der Waals surface area contributed by atoms with Crippen LogP contribution >= 0.6 is 11.6 Å². The molecule has 2 rings (SSSR count). The molecule has 0 aromatic carbocycles. The van der Waals surface area contributed by atoms with Gasteiger partial charge in [-0.1, -0.05) is 25.4 Å². The van der Waals surface area contributed by atoms with Crippen LogP contribution in [0, 0.1) is 0 Å². The van der Waals surface area contributed by atoms with Crippen LogP contribution in [0.3, 0.4) is 0 Å². The quantitative estimate of drug-likeness (QED) is 0.872. The highest BCUT2D eigenvalue weighted by Crippen LogP contribution is 2.28. The zero-order chi connectivity index (χ0) is 14.5. The molecule has 0 amide bonds. The molecule has 1 saturated heterocycles. The van der Waals surface area contributed by atoms with Gasteiger partial charge in [-0.3, -0.25) is 4.68 Å². The van der Waals surface area contributed by atoms with E-state index in [0.717, 1.165) is 49.9 Å². The maximum Gasteiger partial charge on any atom is 0.0912 e. The monoisotopic (exact) mass is 300 g/mol. The van der Waals surface area contributed by atoms with E-state index in [0.29, 0.717) is 0 Å². The number of morpholine rings is 1. The van der Waals surface area contributed by atoms with Crippen molar-refractivity contribution in [1.82, 2.24) is 20.0 Å². The molecule has 2 heterocycles. The van der Waals surface area contributed by atoms with Crippen molar-refractivity contribution in [3.63, 3.8) is 0 Å². The van der Waals surface area contributed by atoms with Gasteiger partial charge in [0.2, 0.25) is 0 Å². The summed E-state index contributed by atoms with van der Waals surface area (Å²) >= 11 is 6.37. The molecular formula is C14H25ClN4O. The Morgan fingerprint density at radius 3 is 3.00 bits per heavy atom. The van der Waals surface area contributed by atoms with E-state index in [-0.39, 0.29) is 12.1 Å². The zero-order valence-electron chi connectivity index (χ0n) is 12.6. The summed E-state index contributed by atoms with van der Waals surface area (Å²) in [5, 5.41) is 8.64. The van der Waals surface area contributed by atoms with Gasteiger partial charge in [-0.25, -0.2) is 0 Å². The van der Waals surface area contributed by atoms with Crippen LogP contribution < -0.4 is 5.32 Å². The first kappa shape index (κ1) is 15.8. The van der Waals surface area contributed by atoms with Crippen molar-refractivity contribution in [2.24, 2.45) is 0 Å². The summed E-state index contributed by atoms with van der Waals surface area (Å²) in [6.07, 6.45) is 2.89. The molecule has 0 aliphatic carbocycles. The summed E-state index contributed by atoms with van der Waals surface area (Å²) < 4.78 is 7.98.